The maximum Gasteiger partial charge on any atom is 0.295 e. The number of benzene rings is 2. The molecule has 188 valence electrons. The lowest BCUT2D eigenvalue weighted by molar-refractivity contribution is -0.119. The van der Waals surface area contributed by atoms with Crippen molar-refractivity contribution in [2.24, 2.45) is 7.05 Å². The molecule has 5 rings (SSSR count). The van der Waals surface area contributed by atoms with Crippen LogP contribution in [0.4, 0.5) is 5.69 Å². The SMILES string of the molecule is Cc1noc(C)c1CC(C(=O)Nc1c(C)n(C)n(-c2ccccc2)c1=O)N1C(=O)c2ccccc2C1=O. The minimum atomic E-state index is -1.24. The van der Waals surface area contributed by atoms with Gasteiger partial charge in [0.15, 0.2) is 0 Å². The highest BCUT2D eigenvalue weighted by Gasteiger charge is 2.43. The standard InChI is InChI=1S/C27H25N5O5/c1-15-21(17(3)37-29-15)14-22(31-25(34)19-12-8-9-13-20(19)26(31)35)24(33)28-23-16(2)30(4)32(27(23)36)18-10-6-5-7-11-18/h5-13,22H,14H2,1-4H3,(H,28,33). The molecule has 37 heavy (non-hydrogen) atoms. The first kappa shape index (κ1) is 24.0. The number of rotatable bonds is 6. The summed E-state index contributed by atoms with van der Waals surface area (Å²) in [7, 11) is 1.71. The van der Waals surface area contributed by atoms with E-state index in [4.69, 9.17) is 4.52 Å². The molecule has 4 aromatic rings. The predicted molar refractivity (Wildman–Crippen MR) is 135 cm³/mol. The molecule has 2 aromatic carbocycles. The van der Waals surface area contributed by atoms with Gasteiger partial charge in [0.05, 0.1) is 28.2 Å². The summed E-state index contributed by atoms with van der Waals surface area (Å²) in [5, 5.41) is 6.66. The normalized spacial score (nSPS) is 13.7. The molecule has 1 aliphatic heterocycles. The molecule has 0 spiro atoms. The molecule has 3 amide bonds. The van der Waals surface area contributed by atoms with E-state index in [0.29, 0.717) is 28.4 Å². The van der Waals surface area contributed by atoms with Crippen molar-refractivity contribution in [2.45, 2.75) is 33.2 Å². The van der Waals surface area contributed by atoms with Crippen molar-refractivity contribution < 1.29 is 18.9 Å². The Hall–Kier alpha value is -4.73. The highest BCUT2D eigenvalue weighted by atomic mass is 16.5. The number of hydrogen-bond donors (Lipinski definition) is 1. The van der Waals surface area contributed by atoms with Crippen molar-refractivity contribution in [3.8, 4) is 5.69 Å². The second kappa shape index (κ2) is 9.05. The number of nitrogens with zero attached hydrogens (tertiary/aromatic N) is 4. The summed E-state index contributed by atoms with van der Waals surface area (Å²) in [6.45, 7) is 5.14. The average Bonchev–Trinajstić information content (AvgIpc) is 3.43. The van der Waals surface area contributed by atoms with Gasteiger partial charge in [-0.15, -0.1) is 0 Å². The molecule has 0 saturated heterocycles. The van der Waals surface area contributed by atoms with Gasteiger partial charge in [0, 0.05) is 19.0 Å². The molecule has 0 radical (unpaired) electrons. The molecule has 0 aliphatic carbocycles. The second-order valence-electron chi connectivity index (χ2n) is 8.97. The highest BCUT2D eigenvalue weighted by Crippen LogP contribution is 2.28. The van der Waals surface area contributed by atoms with Crippen LogP contribution in [0.1, 0.15) is 43.4 Å². The summed E-state index contributed by atoms with van der Waals surface area (Å²) in [5.41, 5.74) is 2.40. The van der Waals surface area contributed by atoms with E-state index in [0.717, 1.165) is 4.90 Å². The monoisotopic (exact) mass is 499 g/mol. The Balaban J connectivity index is 1.55. The molecular formula is C27H25N5O5. The molecular weight excluding hydrogens is 474 g/mol. The van der Waals surface area contributed by atoms with Gasteiger partial charge in [0.1, 0.15) is 17.5 Å². The largest absolute Gasteiger partial charge is 0.361 e. The lowest BCUT2D eigenvalue weighted by Crippen LogP contribution is -2.49. The van der Waals surface area contributed by atoms with Crippen LogP contribution in [0.15, 0.2) is 63.9 Å². The summed E-state index contributed by atoms with van der Waals surface area (Å²) < 4.78 is 8.33. The Labute approximate surface area is 212 Å². The van der Waals surface area contributed by atoms with Crippen LogP contribution < -0.4 is 10.9 Å². The van der Waals surface area contributed by atoms with Gasteiger partial charge >= 0.3 is 0 Å². The topological polar surface area (TPSA) is 119 Å². The van der Waals surface area contributed by atoms with Crippen LogP contribution in [-0.4, -0.2) is 43.2 Å². The molecule has 10 heteroatoms. The molecule has 0 fully saturated rings. The van der Waals surface area contributed by atoms with E-state index in [1.54, 1.807) is 68.9 Å². The van der Waals surface area contributed by atoms with E-state index in [2.05, 4.69) is 10.5 Å². The van der Waals surface area contributed by atoms with E-state index >= 15 is 0 Å². The van der Waals surface area contributed by atoms with Gasteiger partial charge in [-0.1, -0.05) is 35.5 Å². The van der Waals surface area contributed by atoms with Crippen molar-refractivity contribution in [3.63, 3.8) is 0 Å². The quantitative estimate of drug-likeness (QED) is 0.408. The molecule has 1 aliphatic rings. The molecule has 1 atom stereocenters. The van der Waals surface area contributed by atoms with Gasteiger partial charge in [-0.3, -0.25) is 28.8 Å². The third kappa shape index (κ3) is 3.86. The number of carbonyl (C=O) groups is 3. The van der Waals surface area contributed by atoms with Crippen molar-refractivity contribution in [3.05, 3.63) is 98.8 Å². The number of anilines is 1. The van der Waals surface area contributed by atoms with E-state index in [1.165, 1.54) is 4.68 Å². The zero-order valence-electron chi connectivity index (χ0n) is 20.8. The van der Waals surface area contributed by atoms with Gasteiger partial charge < -0.3 is 9.84 Å². The van der Waals surface area contributed by atoms with Gasteiger partial charge in [-0.25, -0.2) is 4.68 Å². The van der Waals surface area contributed by atoms with Gasteiger partial charge in [-0.2, -0.15) is 0 Å². The molecule has 0 bridgehead atoms. The van der Waals surface area contributed by atoms with E-state index < -0.39 is 29.3 Å². The third-order valence-electron chi connectivity index (χ3n) is 6.82. The summed E-state index contributed by atoms with van der Waals surface area (Å²) in [4.78, 5) is 54.7. The van der Waals surface area contributed by atoms with E-state index in [-0.39, 0.29) is 23.2 Å². The molecule has 0 saturated carbocycles. The number of aromatic nitrogens is 3. The number of aryl methyl sites for hydroxylation is 2. The predicted octanol–water partition coefficient (Wildman–Crippen LogP) is 2.94. The van der Waals surface area contributed by atoms with Gasteiger partial charge in [-0.05, 0) is 45.0 Å². The van der Waals surface area contributed by atoms with Crippen LogP contribution in [-0.2, 0) is 18.3 Å². The number of para-hydroxylation sites is 1. The number of imide groups is 1. The summed E-state index contributed by atoms with van der Waals surface area (Å²) >= 11 is 0. The maximum atomic E-state index is 13.8. The zero-order chi connectivity index (χ0) is 26.4. The minimum Gasteiger partial charge on any atom is -0.361 e. The lowest BCUT2D eigenvalue weighted by Gasteiger charge is -2.25. The number of amides is 3. The van der Waals surface area contributed by atoms with Crippen LogP contribution >= 0.6 is 0 Å². The van der Waals surface area contributed by atoms with Crippen LogP contribution in [0.5, 0.6) is 0 Å². The van der Waals surface area contributed by atoms with Crippen LogP contribution in [0, 0.1) is 20.8 Å². The highest BCUT2D eigenvalue weighted by molar-refractivity contribution is 6.23. The third-order valence-corrected chi connectivity index (χ3v) is 6.82. The van der Waals surface area contributed by atoms with Crippen molar-refractivity contribution in [1.29, 1.82) is 0 Å². The lowest BCUT2D eigenvalue weighted by atomic mass is 10.0. The Morgan fingerprint density at radius 2 is 1.54 bits per heavy atom. The first-order valence-electron chi connectivity index (χ1n) is 11.7. The molecule has 3 heterocycles. The van der Waals surface area contributed by atoms with Gasteiger partial charge in [0.2, 0.25) is 5.91 Å². The summed E-state index contributed by atoms with van der Waals surface area (Å²) in [5.74, 6) is -1.33. The van der Waals surface area contributed by atoms with E-state index in [1.807, 2.05) is 18.2 Å². The molecule has 2 aromatic heterocycles. The fraction of sp³-hybridized carbons (Fsp3) is 0.222. The first-order chi connectivity index (χ1) is 17.7. The number of carbonyl (C=O) groups excluding carboxylic acids is 3. The average molecular weight is 500 g/mol. The zero-order valence-corrected chi connectivity index (χ0v) is 20.8. The maximum absolute atomic E-state index is 13.8. The molecule has 10 nitrogen and oxygen atoms in total. The smallest absolute Gasteiger partial charge is 0.295 e. The summed E-state index contributed by atoms with van der Waals surface area (Å²) in [6.07, 6.45) is -0.0166. The fourth-order valence-electron chi connectivity index (χ4n) is 4.70. The number of hydrogen-bond acceptors (Lipinski definition) is 6. The minimum absolute atomic E-state index is 0.0166. The molecule has 1 unspecified atom stereocenters. The van der Waals surface area contributed by atoms with E-state index in [9.17, 15) is 19.2 Å². The first-order valence-corrected chi connectivity index (χ1v) is 11.7. The Kier molecular flexibility index (Phi) is 5.87. The number of nitrogens with one attached hydrogen (secondary N) is 1. The fourth-order valence-corrected chi connectivity index (χ4v) is 4.70. The van der Waals surface area contributed by atoms with Crippen LogP contribution in [0.2, 0.25) is 0 Å². The van der Waals surface area contributed by atoms with Gasteiger partial charge in [0.25, 0.3) is 17.4 Å². The van der Waals surface area contributed by atoms with Crippen molar-refractivity contribution >= 4 is 23.4 Å². The van der Waals surface area contributed by atoms with Crippen molar-refractivity contribution in [1.82, 2.24) is 19.4 Å². The molecule has 1 N–H and O–H groups in total. The summed E-state index contributed by atoms with van der Waals surface area (Å²) in [6, 6.07) is 14.2. The van der Waals surface area contributed by atoms with Crippen LogP contribution in [0.3, 0.4) is 0 Å². The number of fused-ring (bicyclic) bond motifs is 1. The van der Waals surface area contributed by atoms with Crippen molar-refractivity contribution in [2.75, 3.05) is 5.32 Å². The Morgan fingerprint density at radius 1 is 0.946 bits per heavy atom. The Bertz CT molecular complexity index is 1560. The Morgan fingerprint density at radius 3 is 2.11 bits per heavy atom. The second-order valence-corrected chi connectivity index (χ2v) is 8.97. The van der Waals surface area contributed by atoms with Crippen LogP contribution in [0.25, 0.3) is 5.69 Å².